The lowest BCUT2D eigenvalue weighted by molar-refractivity contribution is -0.113. The van der Waals surface area contributed by atoms with Crippen LogP contribution in [0, 0.1) is 6.92 Å². The van der Waals surface area contributed by atoms with Gasteiger partial charge >= 0.3 is 0 Å². The van der Waals surface area contributed by atoms with Crippen molar-refractivity contribution in [2.75, 3.05) is 16.8 Å². The number of nitrogens with one attached hydrogen (secondary N) is 1. The van der Waals surface area contributed by atoms with Crippen LogP contribution in [-0.4, -0.2) is 11.7 Å². The Bertz CT molecular complexity index is 669. The Balaban J connectivity index is 1.86. The minimum Gasteiger partial charge on any atom is -0.396 e. The van der Waals surface area contributed by atoms with Crippen LogP contribution in [0.15, 0.2) is 36.4 Å². The molecule has 3 nitrogen and oxygen atoms in total. The van der Waals surface area contributed by atoms with E-state index in [9.17, 15) is 4.79 Å². The summed E-state index contributed by atoms with van der Waals surface area (Å²) in [5.74, 6) is 1.04. The summed E-state index contributed by atoms with van der Waals surface area (Å²) in [5.41, 5.74) is 8.94. The number of carbonyl (C=O) groups is 1. The third-order valence-corrected chi connectivity index (χ3v) is 4.58. The van der Waals surface area contributed by atoms with E-state index < -0.39 is 0 Å². The highest BCUT2D eigenvalue weighted by molar-refractivity contribution is 7.99. The number of benzene rings is 2. The Morgan fingerprint density at radius 2 is 1.91 bits per heavy atom. The normalized spacial score (nSPS) is 10.5. The molecule has 6 heteroatoms. The predicted molar refractivity (Wildman–Crippen MR) is 96.8 cm³/mol. The summed E-state index contributed by atoms with van der Waals surface area (Å²) in [6, 6.07) is 11.4. The molecule has 0 saturated heterocycles. The topological polar surface area (TPSA) is 55.1 Å². The highest BCUT2D eigenvalue weighted by atomic mass is 35.5. The number of halogens is 2. The molecule has 0 aromatic heterocycles. The van der Waals surface area contributed by atoms with Gasteiger partial charge in [0.15, 0.2) is 0 Å². The van der Waals surface area contributed by atoms with Crippen molar-refractivity contribution in [1.82, 2.24) is 0 Å². The molecule has 0 aliphatic rings. The van der Waals surface area contributed by atoms with Crippen molar-refractivity contribution >= 4 is 52.2 Å². The zero-order valence-corrected chi connectivity index (χ0v) is 14.4. The number of carbonyl (C=O) groups excluding carboxylic acids is 1. The lowest BCUT2D eigenvalue weighted by atomic mass is 10.2. The quantitative estimate of drug-likeness (QED) is 0.761. The monoisotopic (exact) mass is 354 g/mol. The van der Waals surface area contributed by atoms with Gasteiger partial charge in [0.1, 0.15) is 0 Å². The summed E-state index contributed by atoms with van der Waals surface area (Å²) >= 11 is 13.4. The Hall–Kier alpha value is -1.36. The van der Waals surface area contributed by atoms with E-state index in [2.05, 4.69) is 30.4 Å². The van der Waals surface area contributed by atoms with E-state index in [1.54, 1.807) is 23.9 Å². The van der Waals surface area contributed by atoms with Crippen molar-refractivity contribution in [3.8, 4) is 0 Å². The number of hydrogen-bond acceptors (Lipinski definition) is 3. The van der Waals surface area contributed by atoms with Crippen LogP contribution in [0.1, 0.15) is 11.1 Å². The van der Waals surface area contributed by atoms with Crippen LogP contribution < -0.4 is 11.1 Å². The van der Waals surface area contributed by atoms with Crippen LogP contribution >= 0.6 is 35.0 Å². The van der Waals surface area contributed by atoms with E-state index in [0.29, 0.717) is 27.2 Å². The van der Waals surface area contributed by atoms with Crippen molar-refractivity contribution < 1.29 is 4.79 Å². The molecule has 2 aromatic rings. The van der Waals surface area contributed by atoms with Crippen molar-refractivity contribution in [2.24, 2.45) is 0 Å². The first kappa shape index (κ1) is 17.0. The fourth-order valence-corrected chi connectivity index (χ4v) is 3.18. The second kappa shape index (κ2) is 7.77. The highest BCUT2D eigenvalue weighted by Crippen LogP contribution is 2.31. The van der Waals surface area contributed by atoms with Gasteiger partial charge in [-0.15, -0.1) is 11.8 Å². The van der Waals surface area contributed by atoms with Crippen LogP contribution in [-0.2, 0) is 10.5 Å². The number of aryl methyl sites for hydroxylation is 1. The fourth-order valence-electron chi connectivity index (χ4n) is 1.92. The van der Waals surface area contributed by atoms with E-state index in [-0.39, 0.29) is 5.91 Å². The molecule has 2 rings (SSSR count). The van der Waals surface area contributed by atoms with Crippen molar-refractivity contribution in [2.45, 2.75) is 12.7 Å². The van der Waals surface area contributed by atoms with Gasteiger partial charge < -0.3 is 11.1 Å². The smallest absolute Gasteiger partial charge is 0.234 e. The van der Waals surface area contributed by atoms with Gasteiger partial charge in [0.2, 0.25) is 5.91 Å². The van der Waals surface area contributed by atoms with E-state index in [1.165, 1.54) is 11.1 Å². The minimum atomic E-state index is -0.102. The van der Waals surface area contributed by atoms with Gasteiger partial charge in [0.25, 0.3) is 0 Å². The Labute approximate surface area is 144 Å². The predicted octanol–water partition coefficient (Wildman–Crippen LogP) is 4.76. The average Bonchev–Trinajstić information content (AvgIpc) is 2.44. The number of nitrogens with two attached hydrogens (primary N) is 1. The van der Waals surface area contributed by atoms with Gasteiger partial charge in [-0.2, -0.15) is 0 Å². The summed E-state index contributed by atoms with van der Waals surface area (Å²) in [7, 11) is 0. The van der Waals surface area contributed by atoms with Gasteiger partial charge in [-0.1, -0.05) is 53.0 Å². The molecule has 22 heavy (non-hydrogen) atoms. The van der Waals surface area contributed by atoms with Crippen molar-refractivity contribution in [3.63, 3.8) is 0 Å². The molecule has 0 bridgehead atoms. The molecular weight excluding hydrogens is 339 g/mol. The summed E-state index contributed by atoms with van der Waals surface area (Å²) < 4.78 is 0. The fraction of sp³-hybridized carbons (Fsp3) is 0.188. The number of thioether (sulfide) groups is 1. The van der Waals surface area contributed by atoms with E-state index in [1.807, 2.05) is 6.07 Å². The average molecular weight is 355 g/mol. The first-order chi connectivity index (χ1) is 10.5. The summed E-state index contributed by atoms with van der Waals surface area (Å²) in [6.45, 7) is 2.05. The molecule has 0 aliphatic heterocycles. The summed E-state index contributed by atoms with van der Waals surface area (Å²) in [5, 5.41) is 3.42. The van der Waals surface area contributed by atoms with E-state index in [0.717, 1.165) is 5.75 Å². The molecule has 2 aromatic carbocycles. The van der Waals surface area contributed by atoms with Crippen molar-refractivity contribution in [3.05, 3.63) is 57.6 Å². The molecule has 0 radical (unpaired) electrons. The van der Waals surface area contributed by atoms with E-state index >= 15 is 0 Å². The maximum Gasteiger partial charge on any atom is 0.234 e. The molecule has 0 fully saturated rings. The van der Waals surface area contributed by atoms with Crippen LogP contribution in [0.25, 0.3) is 0 Å². The first-order valence-corrected chi connectivity index (χ1v) is 8.54. The van der Waals surface area contributed by atoms with Gasteiger partial charge in [0, 0.05) is 11.4 Å². The molecule has 1 amide bonds. The lowest BCUT2D eigenvalue weighted by Crippen LogP contribution is -2.14. The van der Waals surface area contributed by atoms with Gasteiger partial charge in [-0.3, -0.25) is 4.79 Å². The minimum absolute atomic E-state index is 0.102. The molecule has 3 N–H and O–H groups in total. The highest BCUT2D eigenvalue weighted by Gasteiger charge is 2.08. The number of nitrogen functional groups attached to an aromatic ring is 1. The van der Waals surface area contributed by atoms with Crippen molar-refractivity contribution in [1.29, 1.82) is 0 Å². The number of hydrogen-bond donors (Lipinski definition) is 2. The van der Waals surface area contributed by atoms with Crippen LogP contribution in [0.4, 0.5) is 11.4 Å². The Kier molecular flexibility index (Phi) is 6.00. The zero-order chi connectivity index (χ0) is 16.1. The third-order valence-electron chi connectivity index (χ3n) is 2.95. The largest absolute Gasteiger partial charge is 0.396 e. The molecule has 116 valence electrons. The molecule has 0 spiro atoms. The summed E-state index contributed by atoms with van der Waals surface area (Å²) in [6.07, 6.45) is 0. The molecule has 0 unspecified atom stereocenters. The number of rotatable bonds is 5. The number of anilines is 2. The first-order valence-electron chi connectivity index (χ1n) is 6.63. The SMILES string of the molecule is Cc1cccc(CSCC(=O)Nc2cc(Cl)c(N)c(Cl)c2)c1. The Morgan fingerprint density at radius 1 is 1.23 bits per heavy atom. The zero-order valence-electron chi connectivity index (χ0n) is 12.0. The van der Waals surface area contributed by atoms with Gasteiger partial charge in [-0.25, -0.2) is 0 Å². The van der Waals surface area contributed by atoms with E-state index in [4.69, 9.17) is 28.9 Å². The van der Waals surface area contributed by atoms with Crippen LogP contribution in [0.2, 0.25) is 10.0 Å². The maximum atomic E-state index is 11.9. The molecule has 0 saturated carbocycles. The molecule has 0 heterocycles. The summed E-state index contributed by atoms with van der Waals surface area (Å²) in [4.78, 5) is 11.9. The number of amides is 1. The molecule has 0 atom stereocenters. The second-order valence-electron chi connectivity index (χ2n) is 4.88. The molecular formula is C16H16Cl2N2OS. The van der Waals surface area contributed by atoms with Crippen LogP contribution in [0.3, 0.4) is 0 Å². The Morgan fingerprint density at radius 3 is 2.55 bits per heavy atom. The van der Waals surface area contributed by atoms with Crippen LogP contribution in [0.5, 0.6) is 0 Å². The maximum absolute atomic E-state index is 11.9. The standard InChI is InChI=1S/C16H16Cl2N2OS/c1-10-3-2-4-11(5-10)8-22-9-15(21)20-12-6-13(17)16(19)14(18)7-12/h2-7H,8-9,19H2,1H3,(H,20,21). The lowest BCUT2D eigenvalue weighted by Gasteiger charge is -2.08. The van der Waals surface area contributed by atoms with Gasteiger partial charge in [0.05, 0.1) is 21.5 Å². The third kappa shape index (κ3) is 4.83. The van der Waals surface area contributed by atoms with Gasteiger partial charge in [-0.05, 0) is 24.6 Å². The second-order valence-corrected chi connectivity index (χ2v) is 6.68. The molecule has 0 aliphatic carbocycles.